The van der Waals surface area contributed by atoms with Crippen LogP contribution in [0.25, 0.3) is 0 Å². The van der Waals surface area contributed by atoms with Gasteiger partial charge in [-0.25, -0.2) is 14.6 Å². The summed E-state index contributed by atoms with van der Waals surface area (Å²) in [7, 11) is 0. The van der Waals surface area contributed by atoms with E-state index >= 15 is 0 Å². The number of nitrogens with one attached hydrogen (secondary N) is 2. The van der Waals surface area contributed by atoms with Gasteiger partial charge in [0.05, 0.1) is 18.3 Å². The van der Waals surface area contributed by atoms with Gasteiger partial charge in [-0.15, -0.1) is 0 Å². The van der Waals surface area contributed by atoms with E-state index in [1.807, 2.05) is 0 Å². The summed E-state index contributed by atoms with van der Waals surface area (Å²) in [5.41, 5.74) is 1.08. The summed E-state index contributed by atoms with van der Waals surface area (Å²) in [5.74, 6) is 0.0303. The van der Waals surface area contributed by atoms with Crippen LogP contribution in [-0.2, 0) is 6.54 Å². The Morgan fingerprint density at radius 2 is 2.10 bits per heavy atom. The molecule has 1 aromatic heterocycles. The lowest BCUT2D eigenvalue weighted by molar-refractivity contribution is 0.0696. The van der Waals surface area contributed by atoms with Crippen molar-refractivity contribution in [2.75, 3.05) is 5.32 Å². The topological polar surface area (TPSA) is 104 Å². The average Bonchev–Trinajstić information content (AvgIpc) is 2.84. The number of aromatic carboxylic acids is 1. The Morgan fingerprint density at radius 3 is 2.71 bits per heavy atom. The number of rotatable bonds is 4. The third-order valence-electron chi connectivity index (χ3n) is 2.88. The van der Waals surface area contributed by atoms with Crippen molar-refractivity contribution in [1.29, 1.82) is 0 Å². The van der Waals surface area contributed by atoms with Crippen LogP contribution in [0.3, 0.4) is 0 Å². The van der Waals surface area contributed by atoms with Crippen LogP contribution in [0.5, 0.6) is 0 Å². The molecule has 0 atom stereocenters. The predicted octanol–water partition coefficient (Wildman–Crippen LogP) is 2.31. The van der Waals surface area contributed by atoms with Crippen molar-refractivity contribution in [3.8, 4) is 0 Å². The minimum atomic E-state index is -1.04. The Morgan fingerprint density at radius 1 is 1.33 bits per heavy atom. The Balaban J connectivity index is 1.99. The maximum absolute atomic E-state index is 11.8. The molecule has 0 bridgehead atoms. The summed E-state index contributed by atoms with van der Waals surface area (Å²) in [6.07, 6.45) is 1.56. The Kier molecular flexibility index (Phi) is 4.22. The van der Waals surface area contributed by atoms with Gasteiger partial charge < -0.3 is 20.2 Å². The van der Waals surface area contributed by atoms with Gasteiger partial charge >= 0.3 is 12.0 Å². The number of oxazole rings is 1. The van der Waals surface area contributed by atoms with E-state index in [9.17, 15) is 9.59 Å². The smallest absolute Gasteiger partial charge is 0.336 e. The number of aromatic nitrogens is 1. The van der Waals surface area contributed by atoms with Crippen molar-refractivity contribution < 1.29 is 19.1 Å². The highest BCUT2D eigenvalue weighted by Crippen LogP contribution is 2.18. The average molecular weight is 289 g/mol. The van der Waals surface area contributed by atoms with Crippen LogP contribution < -0.4 is 10.6 Å². The summed E-state index contributed by atoms with van der Waals surface area (Å²) in [6, 6.07) is 4.23. The molecular weight excluding hydrogens is 274 g/mol. The van der Waals surface area contributed by atoms with Gasteiger partial charge in [0, 0.05) is 5.69 Å². The summed E-state index contributed by atoms with van der Waals surface area (Å²) in [4.78, 5) is 26.8. The molecule has 0 aliphatic rings. The minimum absolute atomic E-state index is 0.149. The molecule has 7 heteroatoms. The van der Waals surface area contributed by atoms with Crippen LogP contribution in [0.4, 0.5) is 10.5 Å². The second-order valence-electron chi connectivity index (χ2n) is 4.46. The maximum Gasteiger partial charge on any atom is 0.336 e. The predicted molar refractivity (Wildman–Crippen MR) is 75.2 cm³/mol. The van der Waals surface area contributed by atoms with E-state index in [0.29, 0.717) is 22.9 Å². The molecule has 0 saturated heterocycles. The second kappa shape index (κ2) is 6.08. The zero-order valence-electron chi connectivity index (χ0n) is 11.6. The number of urea groups is 1. The molecule has 3 N–H and O–H groups in total. The largest absolute Gasteiger partial charge is 0.478 e. The zero-order valence-corrected chi connectivity index (χ0v) is 11.6. The van der Waals surface area contributed by atoms with E-state index in [1.165, 1.54) is 6.07 Å². The Bertz CT molecular complexity index is 679. The number of hydrogen-bond donors (Lipinski definition) is 3. The number of hydrogen-bond acceptors (Lipinski definition) is 4. The van der Waals surface area contributed by atoms with E-state index in [2.05, 4.69) is 15.6 Å². The fourth-order valence-corrected chi connectivity index (χ4v) is 1.81. The number of benzene rings is 1. The molecule has 21 heavy (non-hydrogen) atoms. The second-order valence-corrected chi connectivity index (χ2v) is 4.46. The number of amides is 2. The van der Waals surface area contributed by atoms with Crippen molar-refractivity contribution in [3.63, 3.8) is 0 Å². The van der Waals surface area contributed by atoms with E-state index < -0.39 is 12.0 Å². The maximum atomic E-state index is 11.8. The molecule has 110 valence electrons. The SMILES string of the molecule is Cc1cnc(CNC(=O)Nc2cccc(C(=O)O)c2C)o1. The highest BCUT2D eigenvalue weighted by Gasteiger charge is 2.12. The fourth-order valence-electron chi connectivity index (χ4n) is 1.81. The number of carbonyl (C=O) groups excluding carboxylic acids is 1. The standard InChI is InChI=1S/C14H15N3O4/c1-8-6-15-12(21-8)7-16-14(20)17-11-5-3-4-10(9(11)2)13(18)19/h3-6H,7H2,1-2H3,(H,18,19)(H2,16,17,20). The summed E-state index contributed by atoms with van der Waals surface area (Å²) in [5, 5.41) is 14.2. The van der Waals surface area contributed by atoms with Crippen LogP contribution in [0.1, 0.15) is 27.6 Å². The van der Waals surface area contributed by atoms with Crippen molar-refractivity contribution in [2.45, 2.75) is 20.4 Å². The number of carbonyl (C=O) groups is 2. The van der Waals surface area contributed by atoms with Gasteiger partial charge in [0.2, 0.25) is 5.89 Å². The van der Waals surface area contributed by atoms with Gasteiger partial charge in [0.25, 0.3) is 0 Å². The van der Waals surface area contributed by atoms with Gasteiger partial charge in [-0.05, 0) is 31.5 Å². The molecule has 0 spiro atoms. The van der Waals surface area contributed by atoms with Crippen molar-refractivity contribution in [2.24, 2.45) is 0 Å². The Labute approximate surface area is 121 Å². The number of aryl methyl sites for hydroxylation is 1. The molecule has 2 amide bonds. The molecule has 1 aromatic carbocycles. The first-order valence-corrected chi connectivity index (χ1v) is 6.26. The van der Waals surface area contributed by atoms with Crippen molar-refractivity contribution in [3.05, 3.63) is 47.2 Å². The van der Waals surface area contributed by atoms with E-state index in [1.54, 1.807) is 32.2 Å². The lowest BCUT2D eigenvalue weighted by Gasteiger charge is -2.10. The summed E-state index contributed by atoms with van der Waals surface area (Å²) < 4.78 is 5.23. The van der Waals surface area contributed by atoms with E-state index in [0.717, 1.165) is 0 Å². The van der Waals surface area contributed by atoms with Crippen molar-refractivity contribution in [1.82, 2.24) is 10.3 Å². The fraction of sp³-hybridized carbons (Fsp3) is 0.214. The molecule has 1 heterocycles. The minimum Gasteiger partial charge on any atom is -0.478 e. The molecule has 2 rings (SSSR count). The molecular formula is C14H15N3O4. The molecule has 0 aliphatic heterocycles. The molecule has 0 unspecified atom stereocenters. The number of carboxylic acid groups (broad SMARTS) is 1. The first-order valence-electron chi connectivity index (χ1n) is 6.26. The van der Waals surface area contributed by atoms with Crippen molar-refractivity contribution >= 4 is 17.7 Å². The molecule has 7 nitrogen and oxygen atoms in total. The van der Waals surface area contributed by atoms with E-state index in [-0.39, 0.29) is 12.1 Å². The number of nitrogens with zero attached hydrogens (tertiary/aromatic N) is 1. The summed E-state index contributed by atoms with van der Waals surface area (Å²) in [6.45, 7) is 3.55. The summed E-state index contributed by atoms with van der Waals surface area (Å²) >= 11 is 0. The molecule has 0 fully saturated rings. The first kappa shape index (κ1) is 14.6. The molecule has 2 aromatic rings. The third kappa shape index (κ3) is 3.59. The number of anilines is 1. The lowest BCUT2D eigenvalue weighted by Crippen LogP contribution is -2.28. The van der Waals surface area contributed by atoms with Crippen LogP contribution in [0.15, 0.2) is 28.8 Å². The zero-order chi connectivity index (χ0) is 15.4. The van der Waals surface area contributed by atoms with Gasteiger partial charge in [-0.1, -0.05) is 6.07 Å². The van der Waals surface area contributed by atoms with Gasteiger partial charge in [0.15, 0.2) is 0 Å². The van der Waals surface area contributed by atoms with E-state index in [4.69, 9.17) is 9.52 Å². The first-order chi connectivity index (χ1) is 9.97. The highest BCUT2D eigenvalue weighted by atomic mass is 16.4. The molecule has 0 aliphatic carbocycles. The van der Waals surface area contributed by atoms with Crippen LogP contribution in [0, 0.1) is 13.8 Å². The third-order valence-corrected chi connectivity index (χ3v) is 2.88. The molecule has 0 radical (unpaired) electrons. The lowest BCUT2D eigenvalue weighted by atomic mass is 10.1. The van der Waals surface area contributed by atoms with Crippen LogP contribution >= 0.6 is 0 Å². The van der Waals surface area contributed by atoms with Gasteiger partial charge in [-0.2, -0.15) is 0 Å². The quantitative estimate of drug-likeness (QED) is 0.801. The highest BCUT2D eigenvalue weighted by molar-refractivity contribution is 5.95. The van der Waals surface area contributed by atoms with Crippen LogP contribution in [0.2, 0.25) is 0 Å². The van der Waals surface area contributed by atoms with Gasteiger partial charge in [-0.3, -0.25) is 0 Å². The van der Waals surface area contributed by atoms with Crippen LogP contribution in [-0.4, -0.2) is 22.1 Å². The molecule has 0 saturated carbocycles. The normalized spacial score (nSPS) is 10.2. The van der Waals surface area contributed by atoms with Gasteiger partial charge in [0.1, 0.15) is 5.76 Å². The number of carboxylic acids is 1. The monoisotopic (exact) mass is 289 g/mol. The Hall–Kier alpha value is -2.83.